The molecule has 5 heteroatoms. The summed E-state index contributed by atoms with van der Waals surface area (Å²) < 4.78 is 1.07. The summed E-state index contributed by atoms with van der Waals surface area (Å²) >= 11 is 5.06. The van der Waals surface area contributed by atoms with Crippen LogP contribution in [0.1, 0.15) is 16.7 Å². The van der Waals surface area contributed by atoms with Gasteiger partial charge in [0.25, 0.3) is 0 Å². The molecule has 0 aliphatic heterocycles. The third kappa shape index (κ3) is 5.66. The van der Waals surface area contributed by atoms with Gasteiger partial charge >= 0.3 is 0 Å². The van der Waals surface area contributed by atoms with Crippen LogP contribution in [0.4, 0.5) is 0 Å². The van der Waals surface area contributed by atoms with E-state index >= 15 is 0 Å². The second-order valence-corrected chi connectivity index (χ2v) is 6.63. The predicted octanol–water partition coefficient (Wildman–Crippen LogP) is 4.14. The average molecular weight is 377 g/mol. The molecule has 1 N–H and O–H groups in total. The SMILES string of the molecule is Cc1ccc(/C=N\NC(=O)CSCc2ccccc2Br)cc1. The van der Waals surface area contributed by atoms with Gasteiger partial charge in [-0.2, -0.15) is 5.10 Å². The first-order valence-electron chi connectivity index (χ1n) is 6.85. The molecule has 0 radical (unpaired) electrons. The van der Waals surface area contributed by atoms with Crippen molar-refractivity contribution in [2.45, 2.75) is 12.7 Å². The van der Waals surface area contributed by atoms with Crippen molar-refractivity contribution >= 4 is 39.8 Å². The maximum absolute atomic E-state index is 11.7. The summed E-state index contributed by atoms with van der Waals surface area (Å²) in [5, 5.41) is 3.97. The van der Waals surface area contributed by atoms with Gasteiger partial charge in [0.05, 0.1) is 12.0 Å². The van der Waals surface area contributed by atoms with Crippen LogP contribution in [0.2, 0.25) is 0 Å². The van der Waals surface area contributed by atoms with Crippen LogP contribution in [-0.4, -0.2) is 17.9 Å². The Labute approximate surface area is 143 Å². The monoisotopic (exact) mass is 376 g/mol. The molecule has 0 aromatic heterocycles. The first kappa shape index (κ1) is 16.8. The van der Waals surface area contributed by atoms with Crippen LogP contribution in [0.3, 0.4) is 0 Å². The molecule has 3 nitrogen and oxygen atoms in total. The molecule has 114 valence electrons. The lowest BCUT2D eigenvalue weighted by Crippen LogP contribution is -2.19. The average Bonchev–Trinajstić information content (AvgIpc) is 2.51. The van der Waals surface area contributed by atoms with Gasteiger partial charge < -0.3 is 0 Å². The number of hydrogen-bond donors (Lipinski definition) is 1. The van der Waals surface area contributed by atoms with E-state index in [1.807, 2.05) is 55.5 Å². The Morgan fingerprint density at radius 3 is 2.68 bits per heavy atom. The second kappa shape index (κ2) is 8.76. The van der Waals surface area contributed by atoms with Gasteiger partial charge in [0.1, 0.15) is 0 Å². The van der Waals surface area contributed by atoms with Crippen molar-refractivity contribution < 1.29 is 4.79 Å². The predicted molar refractivity (Wildman–Crippen MR) is 97.2 cm³/mol. The fourth-order valence-electron chi connectivity index (χ4n) is 1.73. The summed E-state index contributed by atoms with van der Waals surface area (Å²) in [4.78, 5) is 11.7. The highest BCUT2D eigenvalue weighted by atomic mass is 79.9. The number of carbonyl (C=O) groups excluding carboxylic acids is 1. The van der Waals surface area contributed by atoms with E-state index in [-0.39, 0.29) is 5.91 Å². The minimum atomic E-state index is -0.0968. The molecule has 0 aliphatic rings. The van der Waals surface area contributed by atoms with Gasteiger partial charge in [-0.1, -0.05) is 64.0 Å². The molecule has 0 bridgehead atoms. The molecule has 0 unspecified atom stereocenters. The van der Waals surface area contributed by atoms with E-state index < -0.39 is 0 Å². The smallest absolute Gasteiger partial charge is 0.250 e. The first-order chi connectivity index (χ1) is 10.6. The van der Waals surface area contributed by atoms with Crippen molar-refractivity contribution in [2.75, 3.05) is 5.75 Å². The highest BCUT2D eigenvalue weighted by Gasteiger charge is 2.02. The molecule has 0 heterocycles. The van der Waals surface area contributed by atoms with Crippen LogP contribution < -0.4 is 5.43 Å². The van der Waals surface area contributed by atoms with E-state index in [4.69, 9.17) is 0 Å². The van der Waals surface area contributed by atoms with E-state index in [0.29, 0.717) is 5.75 Å². The molecule has 0 atom stereocenters. The van der Waals surface area contributed by atoms with Crippen LogP contribution in [-0.2, 0) is 10.5 Å². The normalized spacial score (nSPS) is 10.8. The van der Waals surface area contributed by atoms with Crippen LogP contribution in [0.5, 0.6) is 0 Å². The lowest BCUT2D eigenvalue weighted by Gasteiger charge is -2.03. The van der Waals surface area contributed by atoms with Gasteiger partial charge in [-0.15, -0.1) is 11.8 Å². The molecular formula is C17H17BrN2OS. The first-order valence-corrected chi connectivity index (χ1v) is 8.79. The number of benzene rings is 2. The topological polar surface area (TPSA) is 41.5 Å². The summed E-state index contributed by atoms with van der Waals surface area (Å²) in [6.07, 6.45) is 1.65. The van der Waals surface area contributed by atoms with E-state index in [1.165, 1.54) is 11.1 Å². The maximum atomic E-state index is 11.7. The third-order valence-electron chi connectivity index (χ3n) is 2.93. The largest absolute Gasteiger partial charge is 0.272 e. The van der Waals surface area contributed by atoms with Crippen molar-refractivity contribution in [3.8, 4) is 0 Å². The number of hydrogen-bond acceptors (Lipinski definition) is 3. The zero-order valence-corrected chi connectivity index (χ0v) is 14.7. The Kier molecular flexibility index (Phi) is 6.68. The summed E-state index contributed by atoms with van der Waals surface area (Å²) in [7, 11) is 0. The number of nitrogens with zero attached hydrogens (tertiary/aromatic N) is 1. The standard InChI is InChI=1S/C17H17BrN2OS/c1-13-6-8-14(9-7-13)10-19-20-17(21)12-22-11-15-4-2-3-5-16(15)18/h2-10H,11-12H2,1H3,(H,20,21)/b19-10-. The van der Waals surface area contributed by atoms with Gasteiger partial charge in [-0.3, -0.25) is 4.79 Å². The zero-order valence-electron chi connectivity index (χ0n) is 12.3. The zero-order chi connectivity index (χ0) is 15.8. The Hall–Kier alpha value is -1.59. The number of thioether (sulfide) groups is 1. The molecule has 1 amide bonds. The fourth-order valence-corrected chi connectivity index (χ4v) is 3.17. The van der Waals surface area contributed by atoms with E-state index in [1.54, 1.807) is 18.0 Å². The van der Waals surface area contributed by atoms with Gasteiger partial charge in [0, 0.05) is 10.2 Å². The Balaban J connectivity index is 1.72. The quantitative estimate of drug-likeness (QED) is 0.607. The van der Waals surface area contributed by atoms with E-state index in [2.05, 4.69) is 26.5 Å². The van der Waals surface area contributed by atoms with Crippen molar-refractivity contribution in [3.63, 3.8) is 0 Å². The maximum Gasteiger partial charge on any atom is 0.250 e. The molecule has 0 fully saturated rings. The minimum absolute atomic E-state index is 0.0968. The van der Waals surface area contributed by atoms with Crippen molar-refractivity contribution in [1.29, 1.82) is 0 Å². The van der Waals surface area contributed by atoms with Gasteiger partial charge in [-0.05, 0) is 24.1 Å². The third-order valence-corrected chi connectivity index (χ3v) is 4.68. The number of nitrogens with one attached hydrogen (secondary N) is 1. The van der Waals surface area contributed by atoms with Gasteiger partial charge in [0.15, 0.2) is 0 Å². The van der Waals surface area contributed by atoms with Crippen molar-refractivity contribution in [2.24, 2.45) is 5.10 Å². The van der Waals surface area contributed by atoms with Gasteiger partial charge in [0.2, 0.25) is 5.91 Å². The molecule has 2 aromatic rings. The number of hydrazone groups is 1. The van der Waals surface area contributed by atoms with Crippen LogP contribution in [0, 0.1) is 6.92 Å². The molecule has 0 saturated carbocycles. The van der Waals surface area contributed by atoms with Crippen LogP contribution >= 0.6 is 27.7 Å². The molecule has 0 spiro atoms. The minimum Gasteiger partial charge on any atom is -0.272 e. The molecular weight excluding hydrogens is 360 g/mol. The summed E-state index contributed by atoms with van der Waals surface area (Å²) in [6, 6.07) is 16.0. The molecule has 2 rings (SSSR count). The van der Waals surface area contributed by atoms with Crippen molar-refractivity contribution in [1.82, 2.24) is 5.43 Å². The lowest BCUT2D eigenvalue weighted by atomic mass is 10.2. The number of aryl methyl sites for hydroxylation is 1. The summed E-state index contributed by atoms with van der Waals surface area (Å²) in [5.41, 5.74) is 5.89. The Morgan fingerprint density at radius 1 is 1.23 bits per heavy atom. The Bertz CT molecular complexity index is 656. The van der Waals surface area contributed by atoms with E-state index in [0.717, 1.165) is 15.8 Å². The van der Waals surface area contributed by atoms with Crippen LogP contribution in [0.15, 0.2) is 58.1 Å². The number of rotatable bonds is 6. The second-order valence-electron chi connectivity index (χ2n) is 4.79. The highest BCUT2D eigenvalue weighted by Crippen LogP contribution is 2.20. The number of halogens is 1. The number of carbonyl (C=O) groups is 1. The van der Waals surface area contributed by atoms with Crippen molar-refractivity contribution in [3.05, 3.63) is 69.7 Å². The van der Waals surface area contributed by atoms with Gasteiger partial charge in [-0.25, -0.2) is 5.43 Å². The van der Waals surface area contributed by atoms with Crippen LogP contribution in [0.25, 0.3) is 0 Å². The molecule has 2 aromatic carbocycles. The van der Waals surface area contributed by atoms with E-state index in [9.17, 15) is 4.79 Å². The lowest BCUT2D eigenvalue weighted by molar-refractivity contribution is -0.118. The molecule has 22 heavy (non-hydrogen) atoms. The Morgan fingerprint density at radius 2 is 1.95 bits per heavy atom. The molecule has 0 aliphatic carbocycles. The summed E-state index contributed by atoms with van der Waals surface area (Å²) in [6.45, 7) is 2.03. The number of amides is 1. The summed E-state index contributed by atoms with van der Waals surface area (Å²) in [5.74, 6) is 1.07. The fraction of sp³-hybridized carbons (Fsp3) is 0.176. The molecule has 0 saturated heterocycles. The highest BCUT2D eigenvalue weighted by molar-refractivity contribution is 9.10.